The lowest BCUT2D eigenvalue weighted by Crippen LogP contribution is -2.05. The van der Waals surface area contributed by atoms with E-state index in [1.54, 1.807) is 18.2 Å². The van der Waals surface area contributed by atoms with Crippen molar-refractivity contribution in [2.45, 2.75) is 58.0 Å². The minimum Gasteiger partial charge on any atom is -0.492 e. The molecular formula is C23H28ClF3N2O. The van der Waals surface area contributed by atoms with E-state index in [0.29, 0.717) is 22.9 Å². The molecule has 0 aliphatic heterocycles. The number of nitrogens with zero attached hydrogens (tertiary/aromatic N) is 1. The maximum absolute atomic E-state index is 12.7. The molecule has 0 saturated carbocycles. The number of rotatable bonds is 12. The topological polar surface area (TPSA) is 33.6 Å². The molecule has 164 valence electrons. The molecule has 0 unspecified atom stereocenters. The van der Waals surface area contributed by atoms with Crippen LogP contribution in [-0.4, -0.2) is 12.8 Å². The quantitative estimate of drug-likeness (QED) is 0.206. The highest BCUT2D eigenvalue weighted by Crippen LogP contribution is 2.30. The van der Waals surface area contributed by atoms with E-state index in [2.05, 4.69) is 17.5 Å². The molecule has 0 saturated heterocycles. The second-order valence-corrected chi connectivity index (χ2v) is 7.52. The largest absolute Gasteiger partial charge is 0.492 e. The lowest BCUT2D eigenvalue weighted by molar-refractivity contribution is -0.137. The van der Waals surface area contributed by atoms with Crippen molar-refractivity contribution < 1.29 is 17.9 Å². The van der Waals surface area contributed by atoms with Crippen molar-refractivity contribution in [2.75, 3.05) is 12.0 Å². The highest BCUT2D eigenvalue weighted by atomic mass is 35.5. The van der Waals surface area contributed by atoms with Crippen LogP contribution in [0.1, 0.15) is 63.0 Å². The van der Waals surface area contributed by atoms with Gasteiger partial charge in [-0.05, 0) is 48.4 Å². The molecule has 0 radical (unpaired) electrons. The first kappa shape index (κ1) is 24.1. The van der Waals surface area contributed by atoms with Gasteiger partial charge in [0.2, 0.25) is 0 Å². The molecule has 0 aliphatic rings. The van der Waals surface area contributed by atoms with E-state index in [4.69, 9.17) is 16.3 Å². The van der Waals surface area contributed by atoms with Crippen LogP contribution in [0.2, 0.25) is 5.02 Å². The van der Waals surface area contributed by atoms with Gasteiger partial charge in [0.05, 0.1) is 29.1 Å². The molecule has 7 heteroatoms. The molecule has 0 atom stereocenters. The molecular weight excluding hydrogens is 413 g/mol. The molecule has 0 aromatic heterocycles. The summed E-state index contributed by atoms with van der Waals surface area (Å²) in [4.78, 5) is 0. The van der Waals surface area contributed by atoms with Crippen LogP contribution in [-0.2, 0) is 6.18 Å². The van der Waals surface area contributed by atoms with E-state index in [9.17, 15) is 13.2 Å². The smallest absolute Gasteiger partial charge is 0.416 e. The van der Waals surface area contributed by atoms with Crippen LogP contribution in [0.5, 0.6) is 5.75 Å². The summed E-state index contributed by atoms with van der Waals surface area (Å²) in [7, 11) is 0. The molecule has 2 rings (SSSR count). The monoisotopic (exact) mass is 440 g/mol. The summed E-state index contributed by atoms with van der Waals surface area (Å²) < 4.78 is 44.0. The second-order valence-electron chi connectivity index (χ2n) is 7.11. The Morgan fingerprint density at radius 1 is 1.00 bits per heavy atom. The third kappa shape index (κ3) is 8.66. The highest BCUT2D eigenvalue weighted by Gasteiger charge is 2.30. The minimum atomic E-state index is -4.39. The first-order valence-electron chi connectivity index (χ1n) is 10.3. The molecule has 0 heterocycles. The summed E-state index contributed by atoms with van der Waals surface area (Å²) in [6.07, 6.45) is 5.60. The Bertz CT molecular complexity index is 809. The predicted octanol–water partition coefficient (Wildman–Crippen LogP) is 7.93. The number of anilines is 1. The number of ether oxygens (including phenoxy) is 1. The summed E-state index contributed by atoms with van der Waals surface area (Å²) in [5.41, 5.74) is 2.84. The van der Waals surface area contributed by atoms with Crippen molar-refractivity contribution in [3.63, 3.8) is 0 Å². The first-order chi connectivity index (χ1) is 14.4. The maximum Gasteiger partial charge on any atom is 0.416 e. The molecule has 2 aromatic carbocycles. The van der Waals surface area contributed by atoms with E-state index < -0.39 is 11.7 Å². The SMILES string of the molecule is CCCCCCCCCOc1ccc(C=NNc2cccc(C(F)(F)F)c2)cc1Cl. The average molecular weight is 441 g/mol. The van der Waals surface area contributed by atoms with E-state index >= 15 is 0 Å². The van der Waals surface area contributed by atoms with E-state index in [1.807, 2.05) is 0 Å². The van der Waals surface area contributed by atoms with Gasteiger partial charge in [-0.15, -0.1) is 0 Å². The van der Waals surface area contributed by atoms with E-state index in [0.717, 1.165) is 25.0 Å². The minimum absolute atomic E-state index is 0.252. The second kappa shape index (κ2) is 12.5. The first-order valence-corrected chi connectivity index (χ1v) is 10.7. The fraction of sp³-hybridized carbons (Fsp3) is 0.435. The van der Waals surface area contributed by atoms with Crippen molar-refractivity contribution in [3.8, 4) is 5.75 Å². The molecule has 1 N–H and O–H groups in total. The van der Waals surface area contributed by atoms with E-state index in [1.165, 1.54) is 50.5 Å². The van der Waals surface area contributed by atoms with Gasteiger partial charge < -0.3 is 4.74 Å². The zero-order valence-electron chi connectivity index (χ0n) is 17.1. The van der Waals surface area contributed by atoms with Crippen LogP contribution in [0.15, 0.2) is 47.6 Å². The van der Waals surface area contributed by atoms with Gasteiger partial charge in [-0.3, -0.25) is 5.43 Å². The Labute approximate surface area is 181 Å². The third-order valence-corrected chi connectivity index (χ3v) is 4.85. The summed E-state index contributed by atoms with van der Waals surface area (Å²) in [6, 6.07) is 10.1. The highest BCUT2D eigenvalue weighted by molar-refractivity contribution is 6.32. The number of hydrogen-bond donors (Lipinski definition) is 1. The number of unbranched alkanes of at least 4 members (excludes halogenated alkanes) is 6. The van der Waals surface area contributed by atoms with Gasteiger partial charge in [0, 0.05) is 0 Å². The Morgan fingerprint density at radius 2 is 1.73 bits per heavy atom. The number of nitrogens with one attached hydrogen (secondary N) is 1. The van der Waals surface area contributed by atoms with Crippen LogP contribution in [0.25, 0.3) is 0 Å². The molecule has 2 aromatic rings. The van der Waals surface area contributed by atoms with Gasteiger partial charge in [0.15, 0.2) is 0 Å². The van der Waals surface area contributed by atoms with Crippen LogP contribution < -0.4 is 10.2 Å². The standard InChI is InChI=1S/C23H28ClF3N2O/c1-2-3-4-5-6-7-8-14-30-22-13-12-18(15-21(22)24)17-28-29-20-11-9-10-19(16-20)23(25,26)27/h9-13,15-17,29H,2-8,14H2,1H3. The van der Waals surface area contributed by atoms with Crippen molar-refractivity contribution in [2.24, 2.45) is 5.10 Å². The molecule has 30 heavy (non-hydrogen) atoms. The van der Waals surface area contributed by atoms with Gasteiger partial charge in [-0.1, -0.05) is 63.1 Å². The lowest BCUT2D eigenvalue weighted by Gasteiger charge is -2.09. The van der Waals surface area contributed by atoms with Crippen LogP contribution in [0, 0.1) is 0 Å². The van der Waals surface area contributed by atoms with Gasteiger partial charge in [0.25, 0.3) is 0 Å². The molecule has 0 bridgehead atoms. The number of hydrazone groups is 1. The molecule has 0 fully saturated rings. The summed E-state index contributed by atoms with van der Waals surface area (Å²) in [5.74, 6) is 0.616. The zero-order valence-corrected chi connectivity index (χ0v) is 17.9. The molecule has 0 spiro atoms. The van der Waals surface area contributed by atoms with Crippen molar-refractivity contribution in [3.05, 3.63) is 58.6 Å². The fourth-order valence-electron chi connectivity index (χ4n) is 2.90. The van der Waals surface area contributed by atoms with Crippen LogP contribution in [0.4, 0.5) is 18.9 Å². The number of benzene rings is 2. The molecule has 0 aliphatic carbocycles. The average Bonchev–Trinajstić information content (AvgIpc) is 2.71. The zero-order chi connectivity index (χ0) is 21.8. The Morgan fingerprint density at radius 3 is 2.43 bits per heavy atom. The van der Waals surface area contributed by atoms with Gasteiger partial charge in [-0.25, -0.2) is 0 Å². The lowest BCUT2D eigenvalue weighted by atomic mass is 10.1. The Kier molecular flexibility index (Phi) is 10.0. The van der Waals surface area contributed by atoms with Gasteiger partial charge in [0.1, 0.15) is 5.75 Å². The van der Waals surface area contributed by atoms with Crippen LogP contribution >= 0.6 is 11.6 Å². The summed E-state index contributed by atoms with van der Waals surface area (Å²) in [5, 5.41) is 4.45. The Hall–Kier alpha value is -2.21. The van der Waals surface area contributed by atoms with Crippen molar-refractivity contribution in [1.29, 1.82) is 0 Å². The normalized spacial score (nSPS) is 11.8. The van der Waals surface area contributed by atoms with Gasteiger partial charge in [-0.2, -0.15) is 18.3 Å². The number of hydrogen-bond acceptors (Lipinski definition) is 3. The van der Waals surface area contributed by atoms with Crippen molar-refractivity contribution in [1.82, 2.24) is 0 Å². The summed E-state index contributed by atoms with van der Waals surface area (Å²) >= 11 is 6.26. The fourth-order valence-corrected chi connectivity index (χ4v) is 3.15. The summed E-state index contributed by atoms with van der Waals surface area (Å²) in [6.45, 7) is 2.83. The molecule has 3 nitrogen and oxygen atoms in total. The maximum atomic E-state index is 12.7. The number of halogens is 4. The van der Waals surface area contributed by atoms with Crippen molar-refractivity contribution >= 4 is 23.5 Å². The third-order valence-electron chi connectivity index (χ3n) is 4.56. The predicted molar refractivity (Wildman–Crippen MR) is 118 cm³/mol. The number of alkyl halides is 3. The van der Waals surface area contributed by atoms with Gasteiger partial charge >= 0.3 is 6.18 Å². The molecule has 0 amide bonds. The van der Waals surface area contributed by atoms with Crippen LogP contribution in [0.3, 0.4) is 0 Å². The Balaban J connectivity index is 1.78. The van der Waals surface area contributed by atoms with E-state index in [-0.39, 0.29) is 5.69 Å².